The monoisotopic (exact) mass is 458 g/mol. The van der Waals surface area contributed by atoms with E-state index in [9.17, 15) is 14.0 Å². The summed E-state index contributed by atoms with van der Waals surface area (Å²) < 4.78 is 15.0. The number of nitrogens with zero attached hydrogens (tertiary/aromatic N) is 1. The molecule has 1 heterocycles. The van der Waals surface area contributed by atoms with Crippen LogP contribution in [0.15, 0.2) is 102 Å². The van der Waals surface area contributed by atoms with Crippen LogP contribution >= 0.6 is 11.3 Å². The van der Waals surface area contributed by atoms with Crippen molar-refractivity contribution in [2.75, 3.05) is 4.90 Å². The van der Waals surface area contributed by atoms with Gasteiger partial charge in [0, 0.05) is 22.7 Å². The lowest BCUT2D eigenvalue weighted by atomic mass is 10.0. The fraction of sp³-hybridized carbons (Fsp3) is 0.111. The van der Waals surface area contributed by atoms with Gasteiger partial charge in [0.1, 0.15) is 11.9 Å². The van der Waals surface area contributed by atoms with Crippen molar-refractivity contribution in [1.82, 2.24) is 5.32 Å². The summed E-state index contributed by atoms with van der Waals surface area (Å²) in [6, 6.07) is 27.1. The zero-order valence-electron chi connectivity index (χ0n) is 17.9. The van der Waals surface area contributed by atoms with E-state index in [1.165, 1.54) is 22.3 Å². The van der Waals surface area contributed by atoms with Gasteiger partial charge in [-0.3, -0.25) is 14.5 Å². The molecular weight excluding hydrogens is 435 g/mol. The summed E-state index contributed by atoms with van der Waals surface area (Å²) in [7, 11) is 0. The Morgan fingerprint density at radius 2 is 1.52 bits per heavy atom. The Hall–Kier alpha value is -3.77. The Bertz CT molecular complexity index is 1200. The first-order valence-corrected chi connectivity index (χ1v) is 11.5. The van der Waals surface area contributed by atoms with Crippen LogP contribution < -0.4 is 10.2 Å². The van der Waals surface area contributed by atoms with Crippen LogP contribution in [0.3, 0.4) is 0 Å². The number of thiophene rings is 1. The molecule has 0 saturated heterocycles. The molecule has 1 atom stereocenters. The SMILES string of the molecule is O=C(NCc1ccccc1)[C@@H](c1ccccc1F)N(C(=O)Cc1cccs1)c1ccccc1. The van der Waals surface area contributed by atoms with Gasteiger partial charge in [-0.1, -0.05) is 72.8 Å². The second-order valence-electron chi connectivity index (χ2n) is 7.48. The van der Waals surface area contributed by atoms with Crippen LogP contribution in [-0.2, 0) is 22.6 Å². The second kappa shape index (κ2) is 10.7. The molecule has 1 aromatic heterocycles. The third kappa shape index (κ3) is 5.54. The zero-order valence-corrected chi connectivity index (χ0v) is 18.7. The topological polar surface area (TPSA) is 49.4 Å². The highest BCUT2D eigenvalue weighted by atomic mass is 32.1. The maximum atomic E-state index is 15.0. The fourth-order valence-electron chi connectivity index (χ4n) is 3.65. The maximum absolute atomic E-state index is 15.0. The van der Waals surface area contributed by atoms with Crippen molar-refractivity contribution in [2.45, 2.75) is 19.0 Å². The largest absolute Gasteiger partial charge is 0.350 e. The van der Waals surface area contributed by atoms with Crippen LogP contribution in [0.5, 0.6) is 0 Å². The number of benzene rings is 3. The minimum absolute atomic E-state index is 0.115. The Morgan fingerprint density at radius 1 is 0.848 bits per heavy atom. The lowest BCUT2D eigenvalue weighted by Crippen LogP contribution is -2.44. The van der Waals surface area contributed by atoms with E-state index in [2.05, 4.69) is 5.32 Å². The highest BCUT2D eigenvalue weighted by Gasteiger charge is 2.34. The number of hydrogen-bond donors (Lipinski definition) is 1. The molecule has 4 nitrogen and oxygen atoms in total. The third-order valence-corrected chi connectivity index (χ3v) is 6.10. The molecule has 0 bridgehead atoms. The Balaban J connectivity index is 1.73. The summed E-state index contributed by atoms with van der Waals surface area (Å²) >= 11 is 1.47. The zero-order chi connectivity index (χ0) is 23.0. The number of carbonyl (C=O) groups is 2. The second-order valence-corrected chi connectivity index (χ2v) is 8.52. The van der Waals surface area contributed by atoms with E-state index in [4.69, 9.17) is 0 Å². The van der Waals surface area contributed by atoms with Gasteiger partial charge in [-0.25, -0.2) is 4.39 Å². The number of para-hydroxylation sites is 1. The average molecular weight is 459 g/mol. The standard InChI is InChI=1S/C27H23FN2O2S/c28-24-16-8-7-15-23(24)26(27(32)29-19-20-10-3-1-4-11-20)30(21-12-5-2-6-13-21)25(31)18-22-14-9-17-33-22/h1-17,26H,18-19H2,(H,29,32)/t26-/m1/s1. The van der Waals surface area contributed by atoms with Gasteiger partial charge in [-0.2, -0.15) is 0 Å². The van der Waals surface area contributed by atoms with Crippen LogP contribution in [0, 0.1) is 5.82 Å². The number of anilines is 1. The lowest BCUT2D eigenvalue weighted by Gasteiger charge is -2.31. The summed E-state index contributed by atoms with van der Waals surface area (Å²) in [5.41, 5.74) is 1.59. The number of hydrogen-bond acceptors (Lipinski definition) is 3. The van der Waals surface area contributed by atoms with E-state index in [-0.39, 0.29) is 24.4 Å². The Labute approximate surface area is 196 Å². The first-order chi connectivity index (χ1) is 16.1. The minimum Gasteiger partial charge on any atom is -0.350 e. The van der Waals surface area contributed by atoms with Crippen molar-refractivity contribution < 1.29 is 14.0 Å². The van der Waals surface area contributed by atoms with Gasteiger partial charge >= 0.3 is 0 Å². The van der Waals surface area contributed by atoms with Crippen molar-refractivity contribution in [3.05, 3.63) is 124 Å². The van der Waals surface area contributed by atoms with Crippen LogP contribution in [-0.4, -0.2) is 11.8 Å². The number of carbonyl (C=O) groups excluding carboxylic acids is 2. The summed E-state index contributed by atoms with van der Waals surface area (Å²) in [5, 5.41) is 4.79. The number of nitrogens with one attached hydrogen (secondary N) is 1. The molecule has 33 heavy (non-hydrogen) atoms. The molecule has 0 spiro atoms. The smallest absolute Gasteiger partial charge is 0.248 e. The highest BCUT2D eigenvalue weighted by molar-refractivity contribution is 7.10. The summed E-state index contributed by atoms with van der Waals surface area (Å²) in [4.78, 5) is 29.3. The highest BCUT2D eigenvalue weighted by Crippen LogP contribution is 2.30. The van der Waals surface area contributed by atoms with Gasteiger partial charge in [0.25, 0.3) is 0 Å². The predicted octanol–water partition coefficient (Wildman–Crippen LogP) is 5.52. The first-order valence-electron chi connectivity index (χ1n) is 10.6. The minimum atomic E-state index is -1.16. The average Bonchev–Trinajstić information content (AvgIpc) is 3.36. The van der Waals surface area contributed by atoms with E-state index >= 15 is 0 Å². The van der Waals surface area contributed by atoms with Gasteiger partial charge < -0.3 is 5.32 Å². The van der Waals surface area contributed by atoms with Gasteiger partial charge in [0.2, 0.25) is 11.8 Å². The van der Waals surface area contributed by atoms with E-state index in [1.54, 1.807) is 42.5 Å². The maximum Gasteiger partial charge on any atom is 0.248 e. The molecule has 4 rings (SSSR count). The van der Waals surface area contributed by atoms with Gasteiger partial charge in [0.15, 0.2) is 0 Å². The van der Waals surface area contributed by atoms with E-state index in [0.717, 1.165) is 10.4 Å². The van der Waals surface area contributed by atoms with Crippen LogP contribution in [0.1, 0.15) is 22.0 Å². The molecule has 0 aliphatic heterocycles. The van der Waals surface area contributed by atoms with Crippen LogP contribution in [0.25, 0.3) is 0 Å². The van der Waals surface area contributed by atoms with Crippen molar-refractivity contribution in [3.8, 4) is 0 Å². The quantitative estimate of drug-likeness (QED) is 0.378. The molecule has 0 unspecified atom stereocenters. The molecule has 166 valence electrons. The number of rotatable bonds is 8. The predicted molar refractivity (Wildman–Crippen MR) is 129 cm³/mol. The van der Waals surface area contributed by atoms with Gasteiger partial charge in [0.05, 0.1) is 6.42 Å². The molecule has 2 amide bonds. The van der Waals surface area contributed by atoms with Gasteiger partial charge in [-0.05, 0) is 35.2 Å². The van der Waals surface area contributed by atoms with Crippen molar-refractivity contribution >= 4 is 28.8 Å². The molecule has 0 aliphatic carbocycles. The number of halogens is 1. The molecule has 4 aromatic rings. The van der Waals surface area contributed by atoms with Crippen molar-refractivity contribution in [1.29, 1.82) is 0 Å². The van der Waals surface area contributed by atoms with Crippen LogP contribution in [0.2, 0.25) is 0 Å². The molecule has 0 aliphatic rings. The normalized spacial score (nSPS) is 11.5. The Morgan fingerprint density at radius 3 is 2.18 bits per heavy atom. The molecular formula is C27H23FN2O2S. The molecule has 1 N–H and O–H groups in total. The summed E-state index contributed by atoms with van der Waals surface area (Å²) in [6.45, 7) is 0.270. The summed E-state index contributed by atoms with van der Waals surface area (Å²) in [6.07, 6.45) is 0.115. The first kappa shape index (κ1) is 22.4. The summed E-state index contributed by atoms with van der Waals surface area (Å²) in [5.74, 6) is -1.28. The molecule has 3 aromatic carbocycles. The van der Waals surface area contributed by atoms with Gasteiger partial charge in [-0.15, -0.1) is 11.3 Å². The van der Waals surface area contributed by atoms with E-state index in [1.807, 2.05) is 53.9 Å². The van der Waals surface area contributed by atoms with E-state index in [0.29, 0.717) is 5.69 Å². The molecule has 0 radical (unpaired) electrons. The van der Waals surface area contributed by atoms with E-state index < -0.39 is 17.8 Å². The lowest BCUT2D eigenvalue weighted by molar-refractivity contribution is -0.126. The fourth-order valence-corrected chi connectivity index (χ4v) is 4.35. The Kier molecular flexibility index (Phi) is 7.27. The molecule has 6 heteroatoms. The van der Waals surface area contributed by atoms with Crippen molar-refractivity contribution in [3.63, 3.8) is 0 Å². The third-order valence-electron chi connectivity index (χ3n) is 5.22. The molecule has 0 fully saturated rings. The number of amides is 2. The van der Waals surface area contributed by atoms with Crippen molar-refractivity contribution in [2.24, 2.45) is 0 Å². The van der Waals surface area contributed by atoms with Crippen LogP contribution in [0.4, 0.5) is 10.1 Å². The molecule has 0 saturated carbocycles.